The number of carbonyl (C=O) groups is 2. The molecule has 1 aromatic heterocycles. The topological polar surface area (TPSA) is 124 Å². The van der Waals surface area contributed by atoms with Crippen LogP contribution >= 0.6 is 0 Å². The summed E-state index contributed by atoms with van der Waals surface area (Å²) in [6.45, 7) is 2.56. The Bertz CT molecular complexity index is 1180. The van der Waals surface area contributed by atoms with Gasteiger partial charge < -0.3 is 29.1 Å². The maximum atomic E-state index is 12.9. The molecule has 2 N–H and O–H groups in total. The van der Waals surface area contributed by atoms with Crippen molar-refractivity contribution in [2.24, 2.45) is 0 Å². The number of ether oxygens (including phenoxy) is 3. The molecule has 0 radical (unpaired) electrons. The van der Waals surface area contributed by atoms with Crippen molar-refractivity contribution in [1.29, 1.82) is 0 Å². The zero-order valence-electron chi connectivity index (χ0n) is 17.1. The average Bonchev–Trinajstić information content (AvgIpc) is 2.75. The van der Waals surface area contributed by atoms with Gasteiger partial charge >= 0.3 is 5.97 Å². The van der Waals surface area contributed by atoms with Crippen LogP contribution in [0.4, 0.5) is 0 Å². The Morgan fingerprint density at radius 3 is 2.55 bits per heavy atom. The van der Waals surface area contributed by atoms with Crippen molar-refractivity contribution in [2.45, 2.75) is 19.9 Å². The highest BCUT2D eigenvalue weighted by atomic mass is 16.5. The van der Waals surface area contributed by atoms with E-state index in [9.17, 15) is 14.4 Å². The molecule has 31 heavy (non-hydrogen) atoms. The smallest absolute Gasteiger partial charge is 0.325 e. The van der Waals surface area contributed by atoms with Gasteiger partial charge in [0, 0.05) is 6.07 Å². The molecular formula is C22H21NO8. The van der Waals surface area contributed by atoms with E-state index in [1.165, 1.54) is 32.2 Å². The highest BCUT2D eigenvalue weighted by Gasteiger charge is 2.17. The Morgan fingerprint density at radius 2 is 1.87 bits per heavy atom. The summed E-state index contributed by atoms with van der Waals surface area (Å²) in [7, 11) is 1.50. The number of amides is 1. The van der Waals surface area contributed by atoms with Gasteiger partial charge in [0.15, 0.2) is 18.1 Å². The Labute approximate surface area is 177 Å². The molecule has 162 valence electrons. The van der Waals surface area contributed by atoms with Crippen LogP contribution in [0.15, 0.2) is 51.7 Å². The maximum Gasteiger partial charge on any atom is 0.325 e. The van der Waals surface area contributed by atoms with Crippen LogP contribution in [0, 0.1) is 6.92 Å². The van der Waals surface area contributed by atoms with Crippen LogP contribution in [0.2, 0.25) is 0 Å². The maximum absolute atomic E-state index is 12.9. The first-order chi connectivity index (χ1) is 14.8. The lowest BCUT2D eigenvalue weighted by Gasteiger charge is -2.12. The number of hydrogen-bond donors (Lipinski definition) is 2. The van der Waals surface area contributed by atoms with E-state index in [0.717, 1.165) is 0 Å². The van der Waals surface area contributed by atoms with Crippen molar-refractivity contribution in [3.8, 4) is 23.0 Å². The number of rotatable bonds is 8. The van der Waals surface area contributed by atoms with E-state index in [2.05, 4.69) is 5.32 Å². The van der Waals surface area contributed by atoms with E-state index in [4.69, 9.17) is 23.7 Å². The van der Waals surface area contributed by atoms with Gasteiger partial charge in [-0.25, -0.2) is 0 Å². The number of methoxy groups -OCH3 is 1. The molecule has 0 aliphatic heterocycles. The number of benzene rings is 2. The molecule has 1 unspecified atom stereocenters. The molecule has 0 bridgehead atoms. The lowest BCUT2D eigenvalue weighted by atomic mass is 10.2. The van der Waals surface area contributed by atoms with Crippen LogP contribution in [0.1, 0.15) is 12.7 Å². The zero-order chi connectivity index (χ0) is 22.5. The first-order valence-corrected chi connectivity index (χ1v) is 9.33. The highest BCUT2D eigenvalue weighted by molar-refractivity contribution is 5.84. The molecule has 1 amide bonds. The van der Waals surface area contributed by atoms with Crippen molar-refractivity contribution >= 4 is 22.8 Å². The number of carboxylic acids is 1. The molecule has 2 aromatic carbocycles. The quantitative estimate of drug-likeness (QED) is 0.562. The molecular weight excluding hydrogens is 406 g/mol. The van der Waals surface area contributed by atoms with Gasteiger partial charge in [-0.3, -0.25) is 14.4 Å². The normalized spacial score (nSPS) is 11.6. The molecule has 0 fully saturated rings. The number of para-hydroxylation sites is 2. The second kappa shape index (κ2) is 9.21. The summed E-state index contributed by atoms with van der Waals surface area (Å²) in [5, 5.41) is 11.4. The summed E-state index contributed by atoms with van der Waals surface area (Å²) < 4.78 is 22.1. The molecule has 0 saturated carbocycles. The third-order valence-corrected chi connectivity index (χ3v) is 4.39. The zero-order valence-corrected chi connectivity index (χ0v) is 17.1. The minimum absolute atomic E-state index is 0.0349. The van der Waals surface area contributed by atoms with Gasteiger partial charge in [-0.15, -0.1) is 0 Å². The monoisotopic (exact) mass is 427 g/mol. The average molecular weight is 427 g/mol. The summed E-state index contributed by atoms with van der Waals surface area (Å²) in [5.41, 5.74) is -0.115. The molecule has 3 aromatic rings. The molecule has 0 aliphatic rings. The van der Waals surface area contributed by atoms with Crippen LogP contribution in [0.5, 0.6) is 23.0 Å². The van der Waals surface area contributed by atoms with E-state index in [-0.39, 0.29) is 40.3 Å². The summed E-state index contributed by atoms with van der Waals surface area (Å²) in [6.07, 6.45) is 0. The number of fused-ring (bicyclic) bond motifs is 1. The van der Waals surface area contributed by atoms with Crippen LogP contribution in [0.3, 0.4) is 0 Å². The number of carbonyl (C=O) groups excluding carboxylic acids is 1. The van der Waals surface area contributed by atoms with Gasteiger partial charge in [0.25, 0.3) is 5.91 Å². The Kier molecular flexibility index (Phi) is 6.44. The minimum atomic E-state index is -1.15. The van der Waals surface area contributed by atoms with E-state index >= 15 is 0 Å². The SMILES string of the molecule is COc1ccccc1Oc1c(C)oc2cc(OCC(=O)NC(C)C(=O)O)ccc2c1=O. The second-order valence-electron chi connectivity index (χ2n) is 6.64. The van der Waals surface area contributed by atoms with Crippen molar-refractivity contribution in [3.05, 3.63) is 58.4 Å². The van der Waals surface area contributed by atoms with Crippen molar-refractivity contribution in [2.75, 3.05) is 13.7 Å². The molecule has 9 nitrogen and oxygen atoms in total. The molecule has 0 spiro atoms. The molecule has 1 heterocycles. The van der Waals surface area contributed by atoms with Gasteiger partial charge in [-0.1, -0.05) is 12.1 Å². The Morgan fingerprint density at radius 1 is 1.16 bits per heavy atom. The Hall–Kier alpha value is -4.01. The first kappa shape index (κ1) is 21.7. The van der Waals surface area contributed by atoms with Gasteiger partial charge in [-0.2, -0.15) is 0 Å². The summed E-state index contributed by atoms with van der Waals surface area (Å²) in [5.74, 6) is -0.314. The van der Waals surface area contributed by atoms with Crippen LogP contribution in [-0.4, -0.2) is 36.7 Å². The van der Waals surface area contributed by atoms with Crippen molar-refractivity contribution < 1.29 is 33.3 Å². The van der Waals surface area contributed by atoms with E-state index < -0.39 is 17.9 Å². The third kappa shape index (κ3) is 4.95. The fourth-order valence-corrected chi connectivity index (χ4v) is 2.78. The standard InChI is InChI=1S/C22H21NO8/c1-12(22(26)27)23-19(24)11-29-14-8-9-15-18(10-14)30-13(2)21(20(15)25)31-17-7-5-4-6-16(17)28-3/h4-10,12H,11H2,1-3H3,(H,23,24)(H,26,27). The molecule has 0 saturated heterocycles. The van der Waals surface area contributed by atoms with Gasteiger partial charge in [0.1, 0.15) is 23.1 Å². The van der Waals surface area contributed by atoms with Gasteiger partial charge in [0.2, 0.25) is 11.2 Å². The fraction of sp³-hybridized carbons (Fsp3) is 0.227. The number of hydrogen-bond acceptors (Lipinski definition) is 7. The van der Waals surface area contributed by atoms with Gasteiger partial charge in [0.05, 0.1) is 12.5 Å². The molecule has 9 heteroatoms. The summed E-state index contributed by atoms with van der Waals surface area (Å²) in [4.78, 5) is 35.5. The first-order valence-electron chi connectivity index (χ1n) is 9.33. The molecule has 0 aliphatic carbocycles. The van der Waals surface area contributed by atoms with Crippen LogP contribution in [0.25, 0.3) is 11.0 Å². The largest absolute Gasteiger partial charge is 0.493 e. The highest BCUT2D eigenvalue weighted by Crippen LogP contribution is 2.32. The molecule has 1 atom stereocenters. The van der Waals surface area contributed by atoms with Crippen LogP contribution in [-0.2, 0) is 9.59 Å². The number of aliphatic carboxylic acids is 1. The number of nitrogens with one attached hydrogen (secondary N) is 1. The van der Waals surface area contributed by atoms with E-state index in [1.54, 1.807) is 31.2 Å². The van der Waals surface area contributed by atoms with Crippen molar-refractivity contribution in [3.63, 3.8) is 0 Å². The van der Waals surface area contributed by atoms with Crippen LogP contribution < -0.4 is 25.0 Å². The predicted octanol–water partition coefficient (Wildman–Crippen LogP) is 2.87. The fourth-order valence-electron chi connectivity index (χ4n) is 2.78. The number of aryl methyl sites for hydroxylation is 1. The molecule has 3 rings (SSSR count). The number of carboxylic acid groups (broad SMARTS) is 1. The third-order valence-electron chi connectivity index (χ3n) is 4.39. The van der Waals surface area contributed by atoms with Gasteiger partial charge in [-0.05, 0) is 38.1 Å². The lowest BCUT2D eigenvalue weighted by Crippen LogP contribution is -2.40. The van der Waals surface area contributed by atoms with Crippen molar-refractivity contribution in [1.82, 2.24) is 5.32 Å². The Balaban J connectivity index is 1.82. The predicted molar refractivity (Wildman–Crippen MR) is 111 cm³/mol. The van der Waals surface area contributed by atoms with E-state index in [0.29, 0.717) is 11.5 Å². The second-order valence-corrected chi connectivity index (χ2v) is 6.64. The van der Waals surface area contributed by atoms with E-state index in [1.807, 2.05) is 0 Å². The summed E-state index contributed by atoms with van der Waals surface area (Å²) in [6, 6.07) is 10.4. The minimum Gasteiger partial charge on any atom is -0.493 e. The lowest BCUT2D eigenvalue weighted by molar-refractivity contribution is -0.141. The summed E-state index contributed by atoms with van der Waals surface area (Å²) >= 11 is 0.